The Kier molecular flexibility index (Phi) is 4.80. The van der Waals surface area contributed by atoms with Crippen LogP contribution in [0.2, 0.25) is 5.02 Å². The van der Waals surface area contributed by atoms with Crippen LogP contribution in [0.25, 0.3) is 0 Å². The highest BCUT2D eigenvalue weighted by atomic mass is 35.5. The molecule has 5 heteroatoms. The van der Waals surface area contributed by atoms with Crippen molar-refractivity contribution in [2.75, 3.05) is 0 Å². The number of nitrogens with one attached hydrogen (secondary N) is 2. The van der Waals surface area contributed by atoms with E-state index in [0.29, 0.717) is 22.9 Å². The van der Waals surface area contributed by atoms with Gasteiger partial charge in [0.25, 0.3) is 5.91 Å². The molecule has 19 heavy (non-hydrogen) atoms. The molecule has 4 nitrogen and oxygen atoms in total. The van der Waals surface area contributed by atoms with Crippen LogP contribution in [0.3, 0.4) is 0 Å². The van der Waals surface area contributed by atoms with Crippen molar-refractivity contribution in [2.24, 2.45) is 5.92 Å². The molecule has 0 aromatic heterocycles. The van der Waals surface area contributed by atoms with Gasteiger partial charge in [0.05, 0.1) is 10.6 Å². The van der Waals surface area contributed by atoms with Crippen LogP contribution in [0, 0.1) is 5.92 Å². The third kappa shape index (κ3) is 3.96. The number of hydrogen-bond donors (Lipinski definition) is 2. The van der Waals surface area contributed by atoms with E-state index in [2.05, 4.69) is 10.9 Å². The summed E-state index contributed by atoms with van der Waals surface area (Å²) in [5, 5.41) is 0.366. The molecule has 0 aliphatic heterocycles. The smallest absolute Gasteiger partial charge is 0.271 e. The van der Waals surface area contributed by atoms with Crippen LogP contribution >= 0.6 is 11.6 Å². The second kappa shape index (κ2) is 6.57. The minimum absolute atomic E-state index is 0.146. The normalized spacial score (nSPS) is 15.2. The van der Waals surface area contributed by atoms with Crippen molar-refractivity contribution >= 4 is 23.4 Å². The monoisotopic (exact) mass is 280 g/mol. The summed E-state index contributed by atoms with van der Waals surface area (Å²) in [4.78, 5) is 23.5. The van der Waals surface area contributed by atoms with Crippen LogP contribution in [0.5, 0.6) is 0 Å². The first-order chi connectivity index (χ1) is 9.16. The summed E-state index contributed by atoms with van der Waals surface area (Å²) in [5.41, 5.74) is 5.18. The number of benzene rings is 1. The Labute approximate surface area is 117 Å². The van der Waals surface area contributed by atoms with Gasteiger partial charge >= 0.3 is 0 Å². The van der Waals surface area contributed by atoms with Crippen LogP contribution in [0.1, 0.15) is 42.5 Å². The number of carbonyl (C=O) groups is 2. The Morgan fingerprint density at radius 2 is 1.84 bits per heavy atom. The minimum atomic E-state index is -0.398. The van der Waals surface area contributed by atoms with Crippen molar-refractivity contribution in [3.8, 4) is 0 Å². The molecule has 0 unspecified atom stereocenters. The lowest BCUT2D eigenvalue weighted by atomic mass is 10.0. The maximum Gasteiger partial charge on any atom is 0.271 e. The Morgan fingerprint density at radius 1 is 1.16 bits per heavy atom. The van der Waals surface area contributed by atoms with E-state index in [1.54, 1.807) is 24.3 Å². The summed E-state index contributed by atoms with van der Waals surface area (Å²) in [5.74, 6) is -0.0881. The molecule has 0 saturated heterocycles. The van der Waals surface area contributed by atoms with E-state index in [1.165, 1.54) is 12.8 Å². The van der Waals surface area contributed by atoms with Gasteiger partial charge in [-0.2, -0.15) is 0 Å². The van der Waals surface area contributed by atoms with E-state index in [-0.39, 0.29) is 5.91 Å². The lowest BCUT2D eigenvalue weighted by Gasteiger charge is -2.11. The van der Waals surface area contributed by atoms with Crippen LogP contribution < -0.4 is 10.9 Å². The number of carbonyl (C=O) groups excluding carboxylic acids is 2. The number of halogens is 1. The van der Waals surface area contributed by atoms with Gasteiger partial charge in [-0.3, -0.25) is 20.4 Å². The van der Waals surface area contributed by atoms with Crippen molar-refractivity contribution in [3.05, 3.63) is 34.9 Å². The first-order valence-electron chi connectivity index (χ1n) is 6.50. The molecular formula is C14H17ClN2O2. The Bertz CT molecular complexity index is 470. The lowest BCUT2D eigenvalue weighted by Crippen LogP contribution is -2.42. The minimum Gasteiger partial charge on any atom is -0.273 e. The molecule has 1 aromatic rings. The summed E-state index contributed by atoms with van der Waals surface area (Å²) in [7, 11) is 0. The molecule has 0 radical (unpaired) electrons. The molecule has 102 valence electrons. The van der Waals surface area contributed by atoms with E-state index in [9.17, 15) is 9.59 Å². The van der Waals surface area contributed by atoms with Gasteiger partial charge in [0.1, 0.15) is 0 Å². The largest absolute Gasteiger partial charge is 0.273 e. The van der Waals surface area contributed by atoms with E-state index < -0.39 is 5.91 Å². The number of rotatable bonds is 3. The highest BCUT2D eigenvalue weighted by Crippen LogP contribution is 2.27. The van der Waals surface area contributed by atoms with Crippen molar-refractivity contribution in [3.63, 3.8) is 0 Å². The Morgan fingerprint density at radius 3 is 2.53 bits per heavy atom. The van der Waals surface area contributed by atoms with Crippen molar-refractivity contribution in [1.29, 1.82) is 0 Å². The predicted octanol–water partition coefficient (Wildman–Crippen LogP) is 2.68. The summed E-state index contributed by atoms with van der Waals surface area (Å²) < 4.78 is 0. The van der Waals surface area contributed by atoms with Crippen LogP contribution in [0.4, 0.5) is 0 Å². The van der Waals surface area contributed by atoms with Gasteiger partial charge in [0.15, 0.2) is 0 Å². The fraction of sp³-hybridized carbons (Fsp3) is 0.429. The van der Waals surface area contributed by atoms with Crippen molar-refractivity contribution < 1.29 is 9.59 Å². The van der Waals surface area contributed by atoms with Gasteiger partial charge in [-0.05, 0) is 30.9 Å². The predicted molar refractivity (Wildman–Crippen MR) is 73.6 cm³/mol. The summed E-state index contributed by atoms with van der Waals surface area (Å²) in [6, 6.07) is 6.72. The molecule has 0 bridgehead atoms. The second-order valence-corrected chi connectivity index (χ2v) is 5.24. The molecule has 1 aliphatic rings. The number of hydrazine groups is 1. The Balaban J connectivity index is 1.80. The topological polar surface area (TPSA) is 58.2 Å². The summed E-state index contributed by atoms with van der Waals surface area (Å²) in [6.07, 6.45) is 5.08. The third-order valence-corrected chi connectivity index (χ3v) is 3.71. The molecule has 2 amide bonds. The van der Waals surface area contributed by atoms with E-state index >= 15 is 0 Å². The second-order valence-electron chi connectivity index (χ2n) is 4.84. The fourth-order valence-corrected chi connectivity index (χ4v) is 2.59. The maximum atomic E-state index is 11.8. The lowest BCUT2D eigenvalue weighted by molar-refractivity contribution is -0.122. The van der Waals surface area contributed by atoms with E-state index in [4.69, 9.17) is 11.6 Å². The van der Waals surface area contributed by atoms with Crippen molar-refractivity contribution in [2.45, 2.75) is 32.1 Å². The molecule has 0 heterocycles. The third-order valence-electron chi connectivity index (χ3n) is 3.38. The molecule has 0 atom stereocenters. The molecule has 1 aliphatic carbocycles. The first kappa shape index (κ1) is 13.9. The maximum absolute atomic E-state index is 11.8. The van der Waals surface area contributed by atoms with Gasteiger partial charge in [-0.1, -0.05) is 36.6 Å². The SMILES string of the molecule is O=C(CC1CCCC1)NNC(=O)c1ccccc1Cl. The van der Waals surface area contributed by atoms with Crippen LogP contribution in [0.15, 0.2) is 24.3 Å². The number of amides is 2. The van der Waals surface area contributed by atoms with Gasteiger partial charge in [-0.25, -0.2) is 0 Å². The summed E-state index contributed by atoms with van der Waals surface area (Å²) >= 11 is 5.90. The molecule has 1 saturated carbocycles. The fourth-order valence-electron chi connectivity index (χ4n) is 2.37. The molecular weight excluding hydrogens is 264 g/mol. The molecule has 1 aromatic carbocycles. The van der Waals surface area contributed by atoms with Crippen LogP contribution in [-0.4, -0.2) is 11.8 Å². The zero-order valence-electron chi connectivity index (χ0n) is 10.6. The van der Waals surface area contributed by atoms with E-state index in [1.807, 2.05) is 0 Å². The highest BCUT2D eigenvalue weighted by molar-refractivity contribution is 6.33. The van der Waals surface area contributed by atoms with Crippen molar-refractivity contribution in [1.82, 2.24) is 10.9 Å². The zero-order chi connectivity index (χ0) is 13.7. The average molecular weight is 281 g/mol. The number of hydrogen-bond acceptors (Lipinski definition) is 2. The molecule has 2 rings (SSSR count). The molecule has 0 spiro atoms. The molecule has 2 N–H and O–H groups in total. The molecule has 1 fully saturated rings. The van der Waals surface area contributed by atoms with Gasteiger partial charge in [-0.15, -0.1) is 0 Å². The van der Waals surface area contributed by atoms with Gasteiger partial charge in [0.2, 0.25) is 5.91 Å². The standard InChI is InChI=1S/C14H17ClN2O2/c15-12-8-4-3-7-11(12)14(19)17-16-13(18)9-10-5-1-2-6-10/h3-4,7-8,10H,1-2,5-6,9H2,(H,16,18)(H,17,19). The van der Waals surface area contributed by atoms with Gasteiger partial charge in [0, 0.05) is 6.42 Å². The Hall–Kier alpha value is -1.55. The first-order valence-corrected chi connectivity index (χ1v) is 6.88. The quantitative estimate of drug-likeness (QED) is 0.837. The zero-order valence-corrected chi connectivity index (χ0v) is 11.4. The van der Waals surface area contributed by atoms with Gasteiger partial charge < -0.3 is 0 Å². The van der Waals surface area contributed by atoms with E-state index in [0.717, 1.165) is 12.8 Å². The summed E-state index contributed by atoms with van der Waals surface area (Å²) in [6.45, 7) is 0. The van der Waals surface area contributed by atoms with Crippen LogP contribution in [-0.2, 0) is 4.79 Å². The highest BCUT2D eigenvalue weighted by Gasteiger charge is 2.18. The average Bonchev–Trinajstić information content (AvgIpc) is 2.89.